The average molecular weight is 465 g/mol. The Kier molecular flexibility index (Phi) is 6.50. The minimum Gasteiger partial charge on any atom is -0.449 e. The van der Waals surface area contributed by atoms with Gasteiger partial charge in [-0.3, -0.25) is 9.78 Å². The molecule has 0 aromatic carbocycles. The maximum absolute atomic E-state index is 13.1. The van der Waals surface area contributed by atoms with E-state index in [2.05, 4.69) is 14.9 Å². The summed E-state index contributed by atoms with van der Waals surface area (Å²) >= 11 is 0. The quantitative estimate of drug-likeness (QED) is 0.602. The number of carbonyl (C=O) groups is 2. The summed E-state index contributed by atoms with van der Waals surface area (Å²) in [6.07, 6.45) is 9.76. The highest BCUT2D eigenvalue weighted by atomic mass is 16.6. The Bertz CT molecular complexity index is 1030. The van der Waals surface area contributed by atoms with Crippen molar-refractivity contribution < 1.29 is 19.1 Å². The fraction of sp³-hybridized carbons (Fsp3) is 0.538. The van der Waals surface area contributed by atoms with Gasteiger partial charge in [-0.1, -0.05) is 6.42 Å². The summed E-state index contributed by atoms with van der Waals surface area (Å²) in [6, 6.07) is 7.20. The van der Waals surface area contributed by atoms with Gasteiger partial charge < -0.3 is 19.3 Å². The van der Waals surface area contributed by atoms with Crippen molar-refractivity contribution in [3.63, 3.8) is 0 Å². The highest BCUT2D eigenvalue weighted by Gasteiger charge is 2.49. The van der Waals surface area contributed by atoms with Gasteiger partial charge in [0.25, 0.3) is 0 Å². The summed E-state index contributed by atoms with van der Waals surface area (Å²) < 4.78 is 11.6. The van der Waals surface area contributed by atoms with Crippen molar-refractivity contribution >= 4 is 11.9 Å². The summed E-state index contributed by atoms with van der Waals surface area (Å²) in [5.74, 6) is 0.644. The Hall–Kier alpha value is -3.00. The Morgan fingerprint density at radius 3 is 2.74 bits per heavy atom. The number of fused-ring (bicyclic) bond motifs is 2. The van der Waals surface area contributed by atoms with Crippen molar-refractivity contribution in [1.82, 2.24) is 19.8 Å². The van der Waals surface area contributed by atoms with Crippen molar-refractivity contribution in [3.05, 3.63) is 47.9 Å². The Balaban J connectivity index is 1.20. The molecule has 8 heteroatoms. The van der Waals surface area contributed by atoms with Crippen LogP contribution in [0.5, 0.6) is 11.6 Å². The summed E-state index contributed by atoms with van der Waals surface area (Å²) in [4.78, 5) is 38.5. The van der Waals surface area contributed by atoms with Crippen LogP contribution in [-0.2, 0) is 15.1 Å². The number of likely N-dealkylation sites (tertiary alicyclic amines) is 1. The molecule has 4 heterocycles. The van der Waals surface area contributed by atoms with Crippen LogP contribution in [0.15, 0.2) is 36.7 Å². The minimum atomic E-state index is -0.685. The molecule has 1 saturated carbocycles. The van der Waals surface area contributed by atoms with Gasteiger partial charge in [-0.15, -0.1) is 0 Å². The number of rotatable bonds is 6. The maximum Gasteiger partial charge on any atom is 0.358 e. The van der Waals surface area contributed by atoms with Gasteiger partial charge in [0, 0.05) is 43.9 Å². The largest absolute Gasteiger partial charge is 0.449 e. The highest BCUT2D eigenvalue weighted by Crippen LogP contribution is 2.48. The molecule has 34 heavy (non-hydrogen) atoms. The lowest BCUT2D eigenvalue weighted by Gasteiger charge is -2.37. The molecular weight excluding hydrogens is 432 g/mol. The normalized spacial score (nSPS) is 24.5. The van der Waals surface area contributed by atoms with Crippen molar-refractivity contribution in [2.45, 2.75) is 50.5 Å². The molecule has 0 radical (unpaired) electrons. The van der Waals surface area contributed by atoms with E-state index < -0.39 is 11.6 Å². The zero-order valence-corrected chi connectivity index (χ0v) is 19.7. The van der Waals surface area contributed by atoms with Gasteiger partial charge >= 0.3 is 5.97 Å². The molecule has 1 spiro atoms. The first kappa shape index (κ1) is 22.8. The van der Waals surface area contributed by atoms with Crippen molar-refractivity contribution in [2.75, 3.05) is 33.2 Å². The van der Waals surface area contributed by atoms with Crippen molar-refractivity contribution in [3.8, 4) is 11.6 Å². The Morgan fingerprint density at radius 1 is 1.21 bits per heavy atom. The van der Waals surface area contributed by atoms with E-state index in [9.17, 15) is 9.59 Å². The molecule has 1 amide bonds. The number of aromatic nitrogens is 2. The fourth-order valence-electron chi connectivity index (χ4n) is 5.43. The summed E-state index contributed by atoms with van der Waals surface area (Å²) in [5, 5.41) is 0. The number of hydrogen-bond donors (Lipinski definition) is 0. The van der Waals surface area contributed by atoms with Crippen LogP contribution in [0.25, 0.3) is 0 Å². The van der Waals surface area contributed by atoms with E-state index in [1.54, 1.807) is 30.6 Å². The van der Waals surface area contributed by atoms with Gasteiger partial charge in [0.1, 0.15) is 11.4 Å². The molecule has 2 aromatic heterocycles. The van der Waals surface area contributed by atoms with E-state index in [1.165, 1.54) is 19.3 Å². The lowest BCUT2D eigenvalue weighted by molar-refractivity contribution is -0.137. The SMILES string of the molecule is CN(CCN1CCCCC1)C(=O)[C@H]1CC[C@@]2(CC1)OC(=O)c1nc(Oc3cccnc3)ccc12. The van der Waals surface area contributed by atoms with Crippen molar-refractivity contribution in [2.24, 2.45) is 5.92 Å². The summed E-state index contributed by atoms with van der Waals surface area (Å²) in [5.41, 5.74) is 0.431. The van der Waals surface area contributed by atoms with Crippen molar-refractivity contribution in [1.29, 1.82) is 0 Å². The molecule has 2 aliphatic heterocycles. The number of hydrogen-bond acceptors (Lipinski definition) is 7. The molecule has 180 valence electrons. The molecule has 2 aromatic rings. The van der Waals surface area contributed by atoms with E-state index in [0.717, 1.165) is 31.7 Å². The topological polar surface area (TPSA) is 84.9 Å². The van der Waals surface area contributed by atoms with Crippen LogP contribution in [0.4, 0.5) is 0 Å². The maximum atomic E-state index is 13.1. The number of nitrogens with zero attached hydrogens (tertiary/aromatic N) is 4. The van der Waals surface area contributed by atoms with Gasteiger partial charge in [0.05, 0.1) is 6.20 Å². The van der Waals surface area contributed by atoms with Crippen LogP contribution in [0.1, 0.15) is 61.0 Å². The molecule has 0 N–H and O–H groups in total. The van der Waals surface area contributed by atoms with Crippen LogP contribution in [0.3, 0.4) is 0 Å². The Labute approximate surface area is 200 Å². The predicted octanol–water partition coefficient (Wildman–Crippen LogP) is 3.77. The zero-order chi connectivity index (χ0) is 23.5. The monoisotopic (exact) mass is 464 g/mol. The smallest absolute Gasteiger partial charge is 0.358 e. The molecule has 0 atom stereocenters. The fourth-order valence-corrected chi connectivity index (χ4v) is 5.43. The lowest BCUT2D eigenvalue weighted by atomic mass is 9.75. The number of likely N-dealkylation sites (N-methyl/N-ethyl adjacent to an activating group) is 1. The second-order valence-corrected chi connectivity index (χ2v) is 9.66. The van der Waals surface area contributed by atoms with E-state index in [0.29, 0.717) is 43.0 Å². The molecular formula is C26H32N4O4. The number of esters is 1. The number of ether oxygens (including phenoxy) is 2. The molecule has 1 aliphatic carbocycles. The summed E-state index contributed by atoms with van der Waals surface area (Å²) in [7, 11) is 1.91. The first-order valence-corrected chi connectivity index (χ1v) is 12.3. The molecule has 5 rings (SSSR count). The van der Waals surface area contributed by atoms with Gasteiger partial charge in [-0.05, 0) is 69.8 Å². The molecule has 1 saturated heterocycles. The van der Waals surface area contributed by atoms with Crippen LogP contribution >= 0.6 is 0 Å². The predicted molar refractivity (Wildman–Crippen MR) is 126 cm³/mol. The third-order valence-electron chi connectivity index (χ3n) is 7.42. The van der Waals surface area contributed by atoms with E-state index in [1.807, 2.05) is 18.0 Å². The second kappa shape index (κ2) is 9.70. The highest BCUT2D eigenvalue weighted by molar-refractivity contribution is 5.93. The lowest BCUT2D eigenvalue weighted by Crippen LogP contribution is -2.43. The first-order chi connectivity index (χ1) is 16.5. The molecule has 2 fully saturated rings. The van der Waals surface area contributed by atoms with E-state index >= 15 is 0 Å². The van der Waals surface area contributed by atoms with Gasteiger partial charge in [0.2, 0.25) is 11.8 Å². The van der Waals surface area contributed by atoms with Crippen LogP contribution in [-0.4, -0.2) is 64.9 Å². The number of amides is 1. The molecule has 0 bridgehead atoms. The summed E-state index contributed by atoms with van der Waals surface area (Å²) in [6.45, 7) is 3.99. The van der Waals surface area contributed by atoms with Crippen LogP contribution in [0.2, 0.25) is 0 Å². The van der Waals surface area contributed by atoms with E-state index in [-0.39, 0.29) is 11.8 Å². The molecule has 0 unspecified atom stereocenters. The van der Waals surface area contributed by atoms with E-state index in [4.69, 9.17) is 9.47 Å². The van der Waals surface area contributed by atoms with Crippen LogP contribution in [0, 0.1) is 5.92 Å². The van der Waals surface area contributed by atoms with Gasteiger partial charge in [0.15, 0.2) is 5.69 Å². The standard InChI is InChI=1S/C26H32N4O4/c1-29(16-17-30-14-3-2-4-15-30)24(31)19-9-11-26(12-10-19)21-7-8-22(28-23(21)25(32)34-26)33-20-6-5-13-27-18-20/h5-8,13,18-19H,2-4,9-12,14-17H2,1H3/t19-,26-. The van der Waals surface area contributed by atoms with Gasteiger partial charge in [-0.25, -0.2) is 9.78 Å². The zero-order valence-electron chi connectivity index (χ0n) is 19.7. The minimum absolute atomic E-state index is 0.0270. The number of piperidine rings is 1. The third kappa shape index (κ3) is 4.64. The Morgan fingerprint density at radius 2 is 2.00 bits per heavy atom. The molecule has 3 aliphatic rings. The van der Waals surface area contributed by atoms with Gasteiger partial charge in [-0.2, -0.15) is 0 Å². The molecule has 8 nitrogen and oxygen atoms in total. The number of carbonyl (C=O) groups excluding carboxylic acids is 2. The number of pyridine rings is 2. The second-order valence-electron chi connectivity index (χ2n) is 9.66. The third-order valence-corrected chi connectivity index (χ3v) is 7.42. The van der Waals surface area contributed by atoms with Crippen LogP contribution < -0.4 is 4.74 Å². The first-order valence-electron chi connectivity index (χ1n) is 12.3. The average Bonchev–Trinajstić information content (AvgIpc) is 3.14.